The molecule has 0 aromatic heterocycles. The Kier molecular flexibility index (Phi) is 5.57. The zero-order valence-electron chi connectivity index (χ0n) is 15.8. The van der Waals surface area contributed by atoms with Gasteiger partial charge in [-0.25, -0.2) is 0 Å². The molecule has 26 heavy (non-hydrogen) atoms. The molecule has 2 aromatic rings. The first-order valence-electron chi connectivity index (χ1n) is 9.08. The number of anilines is 2. The Morgan fingerprint density at radius 3 is 1.81 bits per heavy atom. The smallest absolute Gasteiger partial charge is 0.185 e. The van der Waals surface area contributed by atoms with E-state index in [9.17, 15) is 4.79 Å². The molecule has 3 rings (SSSR count). The van der Waals surface area contributed by atoms with Crippen LogP contribution in [0.1, 0.15) is 30.4 Å². The highest BCUT2D eigenvalue weighted by atomic mass is 16.1. The summed E-state index contributed by atoms with van der Waals surface area (Å²) in [6.07, 6.45) is 6.80. The second kappa shape index (κ2) is 8.05. The molecule has 2 aromatic carbocycles. The van der Waals surface area contributed by atoms with E-state index in [-0.39, 0.29) is 5.78 Å². The average molecular weight is 346 g/mol. The summed E-state index contributed by atoms with van der Waals surface area (Å²) in [5.74, 6) is 0.186. The summed E-state index contributed by atoms with van der Waals surface area (Å²) in [5, 5.41) is 3.11. The number of nitrogens with zero attached hydrogens (tertiary/aromatic N) is 1. The second-order valence-electron chi connectivity index (χ2n) is 6.88. The van der Waals surface area contributed by atoms with E-state index in [1.807, 2.05) is 57.6 Å². The third-order valence-corrected chi connectivity index (χ3v) is 4.77. The standard InChI is InChI=1S/C23H26N2O/c1-24-21-11-7-17(8-12-21)15-19-5-4-6-20(23(19)26)16-18-9-13-22(14-10-18)25(2)3/h7-16,24H,4-6H2,1-3H3/b19-15+,20-16+. The monoisotopic (exact) mass is 346 g/mol. The Balaban J connectivity index is 1.81. The van der Waals surface area contributed by atoms with Gasteiger partial charge in [-0.15, -0.1) is 0 Å². The summed E-state index contributed by atoms with van der Waals surface area (Å²) in [4.78, 5) is 14.9. The van der Waals surface area contributed by atoms with Crippen molar-refractivity contribution in [2.75, 3.05) is 31.4 Å². The van der Waals surface area contributed by atoms with Gasteiger partial charge >= 0.3 is 0 Å². The number of nitrogens with one attached hydrogen (secondary N) is 1. The summed E-state index contributed by atoms with van der Waals surface area (Å²) in [7, 11) is 5.96. The van der Waals surface area contributed by atoms with E-state index in [1.54, 1.807) is 0 Å². The number of benzene rings is 2. The van der Waals surface area contributed by atoms with Crippen LogP contribution in [0.15, 0.2) is 59.7 Å². The van der Waals surface area contributed by atoms with Crippen molar-refractivity contribution >= 4 is 29.3 Å². The van der Waals surface area contributed by atoms with E-state index < -0.39 is 0 Å². The van der Waals surface area contributed by atoms with Crippen molar-refractivity contribution < 1.29 is 4.79 Å². The van der Waals surface area contributed by atoms with Crippen molar-refractivity contribution in [2.24, 2.45) is 0 Å². The molecule has 1 aliphatic carbocycles. The van der Waals surface area contributed by atoms with Crippen LogP contribution in [0.5, 0.6) is 0 Å². The third kappa shape index (κ3) is 4.23. The highest BCUT2D eigenvalue weighted by Gasteiger charge is 2.20. The highest BCUT2D eigenvalue weighted by Crippen LogP contribution is 2.28. The molecule has 3 nitrogen and oxygen atoms in total. The average Bonchev–Trinajstić information content (AvgIpc) is 2.66. The number of ketones is 1. The quantitative estimate of drug-likeness (QED) is 0.790. The lowest BCUT2D eigenvalue weighted by atomic mass is 9.87. The fourth-order valence-electron chi connectivity index (χ4n) is 3.20. The minimum Gasteiger partial charge on any atom is -0.388 e. The van der Waals surface area contributed by atoms with Crippen molar-refractivity contribution in [1.29, 1.82) is 0 Å². The van der Waals surface area contributed by atoms with Gasteiger partial charge in [0.15, 0.2) is 5.78 Å². The van der Waals surface area contributed by atoms with Crippen LogP contribution in [0.4, 0.5) is 11.4 Å². The molecule has 1 fully saturated rings. The maximum atomic E-state index is 12.9. The van der Waals surface area contributed by atoms with E-state index in [0.717, 1.165) is 52.9 Å². The van der Waals surface area contributed by atoms with E-state index in [0.29, 0.717) is 0 Å². The maximum Gasteiger partial charge on any atom is 0.185 e. The Morgan fingerprint density at radius 2 is 1.35 bits per heavy atom. The summed E-state index contributed by atoms with van der Waals surface area (Å²) in [5.41, 5.74) is 6.20. The summed E-state index contributed by atoms with van der Waals surface area (Å²) < 4.78 is 0. The Morgan fingerprint density at radius 1 is 0.846 bits per heavy atom. The molecule has 0 saturated heterocycles. The van der Waals surface area contributed by atoms with Crippen LogP contribution >= 0.6 is 0 Å². The van der Waals surface area contributed by atoms with Gasteiger partial charge in [0.2, 0.25) is 0 Å². The van der Waals surface area contributed by atoms with Gasteiger partial charge in [0, 0.05) is 43.7 Å². The molecule has 0 atom stereocenters. The summed E-state index contributed by atoms with van der Waals surface area (Å²) >= 11 is 0. The fourth-order valence-corrected chi connectivity index (χ4v) is 3.20. The van der Waals surface area contributed by atoms with Gasteiger partial charge in [0.1, 0.15) is 0 Å². The number of allylic oxidation sites excluding steroid dienone is 2. The third-order valence-electron chi connectivity index (χ3n) is 4.77. The lowest BCUT2D eigenvalue weighted by Crippen LogP contribution is -2.12. The van der Waals surface area contributed by atoms with Crippen LogP contribution in [0.3, 0.4) is 0 Å². The van der Waals surface area contributed by atoms with Crippen LogP contribution in [0.25, 0.3) is 12.2 Å². The van der Waals surface area contributed by atoms with E-state index in [4.69, 9.17) is 0 Å². The number of Topliss-reactive ketones (excluding diaryl/α,β-unsaturated/α-hetero) is 1. The lowest BCUT2D eigenvalue weighted by Gasteiger charge is -2.17. The molecular weight excluding hydrogens is 320 g/mol. The largest absolute Gasteiger partial charge is 0.388 e. The normalized spacial score (nSPS) is 17.6. The van der Waals surface area contributed by atoms with E-state index >= 15 is 0 Å². The predicted molar refractivity (Wildman–Crippen MR) is 112 cm³/mol. The van der Waals surface area contributed by atoms with Gasteiger partial charge in [-0.1, -0.05) is 24.3 Å². The van der Waals surface area contributed by atoms with Gasteiger partial charge in [-0.2, -0.15) is 0 Å². The molecule has 0 radical (unpaired) electrons. The number of hydrogen-bond acceptors (Lipinski definition) is 3. The van der Waals surface area contributed by atoms with Crippen molar-refractivity contribution in [2.45, 2.75) is 19.3 Å². The molecular formula is C23H26N2O. The van der Waals surface area contributed by atoms with Gasteiger partial charge in [-0.05, 0) is 66.8 Å². The topological polar surface area (TPSA) is 32.3 Å². The molecule has 0 unspecified atom stereocenters. The molecule has 0 aliphatic heterocycles. The lowest BCUT2D eigenvalue weighted by molar-refractivity contribution is -0.112. The SMILES string of the molecule is CNc1ccc(/C=C2\CCC/C(=C\c3ccc(N(C)C)cc3)C2=O)cc1. The van der Waals surface area contributed by atoms with Crippen LogP contribution < -0.4 is 10.2 Å². The molecule has 1 N–H and O–H groups in total. The van der Waals surface area contributed by atoms with Gasteiger partial charge < -0.3 is 10.2 Å². The van der Waals surface area contributed by atoms with Gasteiger partial charge in [0.25, 0.3) is 0 Å². The van der Waals surface area contributed by atoms with Crippen molar-refractivity contribution in [1.82, 2.24) is 0 Å². The van der Waals surface area contributed by atoms with Gasteiger partial charge in [0.05, 0.1) is 0 Å². The van der Waals surface area contributed by atoms with Crippen LogP contribution in [-0.4, -0.2) is 26.9 Å². The molecule has 1 aliphatic rings. The Bertz CT molecular complexity index is 828. The zero-order chi connectivity index (χ0) is 18.5. The molecule has 0 spiro atoms. The molecule has 0 heterocycles. The molecule has 0 amide bonds. The number of rotatable bonds is 4. The zero-order valence-corrected chi connectivity index (χ0v) is 15.8. The first kappa shape index (κ1) is 18.0. The first-order valence-corrected chi connectivity index (χ1v) is 9.08. The Labute approximate surface area is 156 Å². The number of hydrogen-bond donors (Lipinski definition) is 1. The Hall–Kier alpha value is -2.81. The van der Waals surface area contributed by atoms with E-state index in [2.05, 4.69) is 34.5 Å². The molecule has 134 valence electrons. The number of carbonyl (C=O) groups is 1. The van der Waals surface area contributed by atoms with E-state index in [1.165, 1.54) is 0 Å². The maximum absolute atomic E-state index is 12.9. The molecule has 3 heteroatoms. The van der Waals surface area contributed by atoms with Crippen molar-refractivity contribution in [3.63, 3.8) is 0 Å². The minimum atomic E-state index is 0.186. The highest BCUT2D eigenvalue weighted by molar-refractivity contribution is 6.14. The van der Waals surface area contributed by atoms with Crippen molar-refractivity contribution in [3.8, 4) is 0 Å². The van der Waals surface area contributed by atoms with Gasteiger partial charge in [-0.3, -0.25) is 4.79 Å². The molecule has 0 bridgehead atoms. The van der Waals surface area contributed by atoms with Crippen molar-refractivity contribution in [3.05, 3.63) is 70.8 Å². The molecule has 1 saturated carbocycles. The summed E-state index contributed by atoms with van der Waals surface area (Å²) in [6.45, 7) is 0. The minimum absolute atomic E-state index is 0.186. The first-order chi connectivity index (χ1) is 12.6. The van der Waals surface area contributed by atoms with Crippen LogP contribution in [-0.2, 0) is 4.79 Å². The predicted octanol–water partition coefficient (Wildman–Crippen LogP) is 5.01. The summed E-state index contributed by atoms with van der Waals surface area (Å²) in [6, 6.07) is 16.5. The van der Waals surface area contributed by atoms with Crippen LogP contribution in [0, 0.1) is 0 Å². The second-order valence-corrected chi connectivity index (χ2v) is 6.88. The van der Waals surface area contributed by atoms with Crippen LogP contribution in [0.2, 0.25) is 0 Å². The fraction of sp³-hybridized carbons (Fsp3) is 0.261. The number of carbonyl (C=O) groups excluding carboxylic acids is 1.